The van der Waals surface area contributed by atoms with Crippen LogP contribution in [0, 0.1) is 17.0 Å². The first kappa shape index (κ1) is 25.9. The Morgan fingerprint density at radius 2 is 1.51 bits per heavy atom. The lowest BCUT2D eigenvalue weighted by Crippen LogP contribution is -2.50. The minimum Gasteiger partial charge on any atom is -0.406 e. The van der Waals surface area contributed by atoms with Gasteiger partial charge in [0, 0.05) is 44.0 Å². The summed E-state index contributed by atoms with van der Waals surface area (Å²) in [7, 11) is 0. The largest absolute Gasteiger partial charge is 0.573 e. The van der Waals surface area contributed by atoms with Crippen LogP contribution in [0.5, 0.6) is 5.75 Å². The maximum atomic E-state index is 12.4. The smallest absolute Gasteiger partial charge is 0.406 e. The molecule has 2 amide bonds. The summed E-state index contributed by atoms with van der Waals surface area (Å²) in [6.07, 6.45) is -4.78. The summed E-state index contributed by atoms with van der Waals surface area (Å²) >= 11 is 0. The van der Waals surface area contributed by atoms with Crippen molar-refractivity contribution in [2.24, 2.45) is 0 Å². The Hall–Kier alpha value is -3.71. The average molecular weight is 495 g/mol. The summed E-state index contributed by atoms with van der Waals surface area (Å²) in [5, 5.41) is 16.3. The number of carbonyl (C=O) groups excluding carboxylic acids is 2. The van der Waals surface area contributed by atoms with Gasteiger partial charge >= 0.3 is 6.36 Å². The lowest BCUT2D eigenvalue weighted by Gasteiger charge is -2.33. The molecule has 0 unspecified atom stereocenters. The van der Waals surface area contributed by atoms with Crippen LogP contribution < -0.4 is 15.4 Å². The fourth-order valence-electron chi connectivity index (χ4n) is 3.50. The number of nitro benzene ring substituents is 1. The number of hydrogen-bond donors (Lipinski definition) is 2. The summed E-state index contributed by atoms with van der Waals surface area (Å²) in [6.45, 7) is 4.09. The topological polar surface area (TPSA) is 117 Å². The second-order valence-corrected chi connectivity index (χ2v) is 7.98. The highest BCUT2D eigenvalue weighted by molar-refractivity contribution is 5.93. The molecule has 1 heterocycles. The molecular weight excluding hydrogens is 471 g/mol. The van der Waals surface area contributed by atoms with E-state index in [1.807, 2.05) is 9.80 Å². The molecule has 1 aliphatic heterocycles. The van der Waals surface area contributed by atoms with E-state index >= 15 is 0 Å². The molecule has 13 heteroatoms. The summed E-state index contributed by atoms with van der Waals surface area (Å²) in [5.41, 5.74) is 1.33. The molecule has 35 heavy (non-hydrogen) atoms. The van der Waals surface area contributed by atoms with Gasteiger partial charge in [0.05, 0.1) is 23.7 Å². The van der Waals surface area contributed by atoms with Crippen molar-refractivity contribution in [3.05, 3.63) is 58.1 Å². The van der Waals surface area contributed by atoms with Crippen molar-refractivity contribution in [2.75, 3.05) is 49.9 Å². The molecule has 10 nitrogen and oxygen atoms in total. The summed E-state index contributed by atoms with van der Waals surface area (Å²) in [5.74, 6) is -0.990. The number of nitrogens with one attached hydrogen (secondary N) is 2. The number of rotatable bonds is 8. The number of carbonyl (C=O) groups is 2. The number of aryl methyl sites for hydroxylation is 1. The quantitative estimate of drug-likeness (QED) is 0.427. The molecule has 2 aromatic carbocycles. The first-order chi connectivity index (χ1) is 16.5. The van der Waals surface area contributed by atoms with Crippen molar-refractivity contribution >= 4 is 28.9 Å². The van der Waals surface area contributed by atoms with Gasteiger partial charge in [0.1, 0.15) is 5.75 Å². The van der Waals surface area contributed by atoms with Crippen LogP contribution in [-0.4, -0.2) is 72.2 Å². The molecule has 2 aromatic rings. The van der Waals surface area contributed by atoms with Gasteiger partial charge in [-0.05, 0) is 36.8 Å². The van der Waals surface area contributed by atoms with Gasteiger partial charge in [-0.15, -0.1) is 13.2 Å². The molecule has 0 radical (unpaired) electrons. The van der Waals surface area contributed by atoms with E-state index in [1.54, 1.807) is 13.0 Å². The molecular formula is C22H24F3N5O5. The highest BCUT2D eigenvalue weighted by Gasteiger charge is 2.31. The number of piperazine rings is 1. The van der Waals surface area contributed by atoms with Crippen LogP contribution in [0.4, 0.5) is 30.2 Å². The number of alkyl halides is 3. The molecule has 1 fully saturated rings. The molecule has 0 aliphatic carbocycles. The van der Waals surface area contributed by atoms with Gasteiger partial charge in [0.15, 0.2) is 0 Å². The number of anilines is 2. The van der Waals surface area contributed by atoms with Gasteiger partial charge in [-0.3, -0.25) is 29.5 Å². The van der Waals surface area contributed by atoms with E-state index in [-0.39, 0.29) is 36.3 Å². The van der Waals surface area contributed by atoms with E-state index in [1.165, 1.54) is 24.3 Å². The summed E-state index contributed by atoms with van der Waals surface area (Å²) in [4.78, 5) is 38.9. The molecule has 0 aromatic heterocycles. The number of hydrogen-bond acceptors (Lipinski definition) is 7. The number of nitro groups is 1. The van der Waals surface area contributed by atoms with E-state index < -0.39 is 11.3 Å². The first-order valence-corrected chi connectivity index (χ1v) is 10.6. The predicted molar refractivity (Wildman–Crippen MR) is 121 cm³/mol. The Morgan fingerprint density at radius 3 is 2.03 bits per heavy atom. The molecule has 188 valence electrons. The fraction of sp³-hybridized carbons (Fsp3) is 0.364. The molecule has 3 rings (SSSR count). The zero-order valence-corrected chi connectivity index (χ0v) is 18.8. The third-order valence-corrected chi connectivity index (χ3v) is 5.28. The molecule has 2 N–H and O–H groups in total. The third kappa shape index (κ3) is 8.22. The predicted octanol–water partition coefficient (Wildman–Crippen LogP) is 3.00. The van der Waals surface area contributed by atoms with Crippen molar-refractivity contribution in [1.29, 1.82) is 0 Å². The van der Waals surface area contributed by atoms with Gasteiger partial charge in [0.25, 0.3) is 5.69 Å². The summed E-state index contributed by atoms with van der Waals surface area (Å²) < 4.78 is 40.5. The highest BCUT2D eigenvalue weighted by atomic mass is 19.4. The van der Waals surface area contributed by atoms with Crippen LogP contribution in [0.1, 0.15) is 5.56 Å². The SMILES string of the molecule is Cc1ccc([N+](=O)[O-])cc1NC(=O)CN1CCN(CC(=O)Nc2ccc(OC(F)(F)F)cc2)CC1. The minimum atomic E-state index is -4.78. The Morgan fingerprint density at radius 1 is 0.971 bits per heavy atom. The number of nitrogens with zero attached hydrogens (tertiary/aromatic N) is 3. The maximum absolute atomic E-state index is 12.4. The fourth-order valence-corrected chi connectivity index (χ4v) is 3.50. The number of halogens is 3. The van der Waals surface area contributed by atoms with Crippen molar-refractivity contribution < 1.29 is 32.4 Å². The molecule has 0 saturated carbocycles. The molecule has 0 bridgehead atoms. The van der Waals surface area contributed by atoms with Crippen molar-refractivity contribution in [1.82, 2.24) is 9.80 Å². The maximum Gasteiger partial charge on any atom is 0.573 e. The Bertz CT molecular complexity index is 1070. The van der Waals surface area contributed by atoms with E-state index in [4.69, 9.17) is 0 Å². The Kier molecular flexibility index (Phi) is 8.25. The standard InChI is InChI=1S/C22H24F3N5O5/c1-15-2-5-17(30(33)34)12-19(15)27-21(32)14-29-10-8-28(9-11-29)13-20(31)26-16-3-6-18(7-4-16)35-22(23,24)25/h2-7,12H,8-11,13-14H2,1H3,(H,26,31)(H,27,32). The minimum absolute atomic E-state index is 0.0910. The molecule has 1 saturated heterocycles. The molecule has 0 spiro atoms. The number of benzene rings is 2. The third-order valence-electron chi connectivity index (χ3n) is 5.28. The zero-order valence-electron chi connectivity index (χ0n) is 18.8. The lowest BCUT2D eigenvalue weighted by molar-refractivity contribution is -0.384. The number of amides is 2. The van der Waals surface area contributed by atoms with Crippen LogP contribution in [0.15, 0.2) is 42.5 Å². The summed E-state index contributed by atoms with van der Waals surface area (Å²) in [6, 6.07) is 9.13. The van der Waals surface area contributed by atoms with Crippen molar-refractivity contribution in [3.63, 3.8) is 0 Å². The van der Waals surface area contributed by atoms with Crippen LogP contribution in [-0.2, 0) is 9.59 Å². The van der Waals surface area contributed by atoms with Gasteiger partial charge in [-0.2, -0.15) is 0 Å². The molecule has 1 aliphatic rings. The van der Waals surface area contributed by atoms with Gasteiger partial charge < -0.3 is 15.4 Å². The second-order valence-electron chi connectivity index (χ2n) is 7.98. The van der Waals surface area contributed by atoms with Crippen LogP contribution in [0.25, 0.3) is 0 Å². The second kappa shape index (κ2) is 11.1. The molecule has 0 atom stereocenters. The van der Waals surface area contributed by atoms with E-state index in [0.717, 1.165) is 12.1 Å². The number of ether oxygens (including phenoxy) is 1. The van der Waals surface area contributed by atoms with Crippen LogP contribution >= 0.6 is 0 Å². The number of non-ortho nitro benzene ring substituents is 1. The van der Waals surface area contributed by atoms with Crippen LogP contribution in [0.2, 0.25) is 0 Å². The van der Waals surface area contributed by atoms with E-state index in [9.17, 15) is 32.9 Å². The van der Waals surface area contributed by atoms with Crippen LogP contribution in [0.3, 0.4) is 0 Å². The Labute approximate surface area is 198 Å². The van der Waals surface area contributed by atoms with Gasteiger partial charge in [-0.1, -0.05) is 6.07 Å². The lowest BCUT2D eigenvalue weighted by atomic mass is 10.2. The van der Waals surface area contributed by atoms with Crippen molar-refractivity contribution in [2.45, 2.75) is 13.3 Å². The van der Waals surface area contributed by atoms with Crippen molar-refractivity contribution in [3.8, 4) is 5.75 Å². The highest BCUT2D eigenvalue weighted by Crippen LogP contribution is 2.24. The van der Waals surface area contributed by atoms with E-state index in [2.05, 4.69) is 15.4 Å². The Balaban J connectivity index is 1.41. The zero-order chi connectivity index (χ0) is 25.6. The normalized spacial score (nSPS) is 14.9. The first-order valence-electron chi connectivity index (χ1n) is 10.6. The average Bonchev–Trinajstić information content (AvgIpc) is 2.77. The van der Waals surface area contributed by atoms with E-state index in [0.29, 0.717) is 43.1 Å². The monoisotopic (exact) mass is 495 g/mol. The van der Waals surface area contributed by atoms with Gasteiger partial charge in [-0.25, -0.2) is 0 Å². The van der Waals surface area contributed by atoms with Gasteiger partial charge in [0.2, 0.25) is 11.8 Å².